The van der Waals surface area contributed by atoms with Crippen molar-refractivity contribution in [2.24, 2.45) is 10.2 Å². The highest BCUT2D eigenvalue weighted by Gasteiger charge is 2.18. The lowest BCUT2D eigenvalue weighted by Gasteiger charge is -1.98. The van der Waals surface area contributed by atoms with Crippen LogP contribution in [0, 0.1) is 0 Å². The molecule has 0 spiro atoms. The van der Waals surface area contributed by atoms with E-state index < -0.39 is 0 Å². The zero-order chi connectivity index (χ0) is 6.97. The largest absolute Gasteiger partial charge is 0.287 e. The number of nitrogens with zero attached hydrogens (tertiary/aromatic N) is 2. The number of carbonyl (C=O) groups is 1. The van der Waals surface area contributed by atoms with Gasteiger partial charge < -0.3 is 0 Å². The van der Waals surface area contributed by atoms with Crippen LogP contribution in [0.1, 0.15) is 0 Å². The zero-order valence-electron chi connectivity index (χ0n) is 5.11. The predicted octanol–water partition coefficient (Wildman–Crippen LogP) is 0.492. The molecule has 1 heterocycles. The molecule has 3 nitrogen and oxygen atoms in total. The number of hydrogen-bond donors (Lipinski definition) is 0. The van der Waals surface area contributed by atoms with E-state index in [1.165, 1.54) is 6.08 Å². The summed E-state index contributed by atoms with van der Waals surface area (Å²) in [6, 6.07) is 0. The molecule has 0 saturated carbocycles. The van der Waals surface area contributed by atoms with Gasteiger partial charge in [0.25, 0.3) is 0 Å². The first-order valence-corrected chi connectivity index (χ1v) is 2.92. The van der Waals surface area contributed by atoms with E-state index in [4.69, 9.17) is 0 Å². The summed E-state index contributed by atoms with van der Waals surface area (Å²) < 4.78 is 0. The SMILES string of the molecule is O=C1C=CC=C2C=NN=C12. The van der Waals surface area contributed by atoms with Crippen LogP contribution in [-0.2, 0) is 4.79 Å². The summed E-state index contributed by atoms with van der Waals surface area (Å²) in [6.07, 6.45) is 6.58. The summed E-state index contributed by atoms with van der Waals surface area (Å²) in [5.74, 6) is -0.0602. The lowest BCUT2D eigenvalue weighted by molar-refractivity contribution is -0.108. The lowest BCUT2D eigenvalue weighted by Crippen LogP contribution is -2.14. The Morgan fingerprint density at radius 1 is 1.40 bits per heavy atom. The van der Waals surface area contributed by atoms with Crippen molar-refractivity contribution in [3.05, 3.63) is 23.8 Å². The minimum atomic E-state index is -0.0602. The lowest BCUT2D eigenvalue weighted by atomic mass is 10.0. The van der Waals surface area contributed by atoms with Gasteiger partial charge in [0.05, 0.1) is 6.21 Å². The van der Waals surface area contributed by atoms with Crippen molar-refractivity contribution in [1.29, 1.82) is 0 Å². The van der Waals surface area contributed by atoms with Crippen LogP contribution in [0.25, 0.3) is 0 Å². The van der Waals surface area contributed by atoms with Crippen molar-refractivity contribution in [3.63, 3.8) is 0 Å². The van der Waals surface area contributed by atoms with Gasteiger partial charge in [-0.1, -0.05) is 12.2 Å². The van der Waals surface area contributed by atoms with Crippen LogP contribution in [0.15, 0.2) is 34.0 Å². The van der Waals surface area contributed by atoms with E-state index in [0.29, 0.717) is 5.71 Å². The number of rotatable bonds is 0. The maximum atomic E-state index is 10.9. The molecule has 48 valence electrons. The van der Waals surface area contributed by atoms with Crippen LogP contribution in [0.2, 0.25) is 0 Å². The average molecular weight is 132 g/mol. The third-order valence-electron chi connectivity index (χ3n) is 1.38. The topological polar surface area (TPSA) is 41.8 Å². The fourth-order valence-electron chi connectivity index (χ4n) is 0.899. The molecule has 0 bridgehead atoms. The molecule has 2 aliphatic rings. The Morgan fingerprint density at radius 3 is 3.10 bits per heavy atom. The Kier molecular flexibility index (Phi) is 0.917. The summed E-state index contributed by atoms with van der Waals surface area (Å²) >= 11 is 0. The molecule has 10 heavy (non-hydrogen) atoms. The Labute approximate surface area is 57.5 Å². The minimum absolute atomic E-state index is 0.0602. The van der Waals surface area contributed by atoms with E-state index in [2.05, 4.69) is 10.2 Å². The van der Waals surface area contributed by atoms with Gasteiger partial charge >= 0.3 is 0 Å². The van der Waals surface area contributed by atoms with Crippen molar-refractivity contribution in [2.75, 3.05) is 0 Å². The molecule has 1 aliphatic heterocycles. The molecule has 0 radical (unpaired) electrons. The van der Waals surface area contributed by atoms with Crippen LogP contribution < -0.4 is 0 Å². The first-order valence-electron chi connectivity index (χ1n) is 2.92. The van der Waals surface area contributed by atoms with Gasteiger partial charge in [-0.15, -0.1) is 5.10 Å². The third-order valence-corrected chi connectivity index (χ3v) is 1.38. The summed E-state index contributed by atoms with van der Waals surface area (Å²) in [5.41, 5.74) is 1.27. The molecule has 2 rings (SSSR count). The van der Waals surface area contributed by atoms with E-state index in [9.17, 15) is 4.79 Å². The molecule has 3 heteroatoms. The van der Waals surface area contributed by atoms with Crippen LogP contribution in [0.4, 0.5) is 0 Å². The molecule has 0 fully saturated rings. The summed E-state index contributed by atoms with van der Waals surface area (Å²) in [5, 5.41) is 7.27. The summed E-state index contributed by atoms with van der Waals surface area (Å²) in [6.45, 7) is 0. The predicted molar refractivity (Wildman–Crippen MR) is 38.2 cm³/mol. The Hall–Kier alpha value is -1.51. The van der Waals surface area contributed by atoms with E-state index in [-0.39, 0.29) is 5.78 Å². The minimum Gasteiger partial charge on any atom is -0.287 e. The van der Waals surface area contributed by atoms with Crippen LogP contribution in [0.5, 0.6) is 0 Å². The number of carbonyl (C=O) groups excluding carboxylic acids is 1. The van der Waals surface area contributed by atoms with Gasteiger partial charge in [0.1, 0.15) is 5.71 Å². The quantitative estimate of drug-likeness (QED) is 0.442. The molecule has 0 unspecified atom stereocenters. The highest BCUT2D eigenvalue weighted by molar-refractivity contribution is 6.55. The number of ketones is 1. The van der Waals surface area contributed by atoms with Crippen LogP contribution >= 0.6 is 0 Å². The van der Waals surface area contributed by atoms with Crippen LogP contribution in [0.3, 0.4) is 0 Å². The Morgan fingerprint density at radius 2 is 2.30 bits per heavy atom. The molecule has 0 aromatic carbocycles. The molecule has 0 saturated heterocycles. The highest BCUT2D eigenvalue weighted by Crippen LogP contribution is 2.09. The van der Waals surface area contributed by atoms with Gasteiger partial charge in [0, 0.05) is 5.57 Å². The fourth-order valence-corrected chi connectivity index (χ4v) is 0.899. The number of allylic oxidation sites excluding steroid dienone is 4. The second-order valence-corrected chi connectivity index (χ2v) is 2.04. The molecule has 0 aromatic rings. The molecule has 0 N–H and O–H groups in total. The Balaban J connectivity index is 2.54. The van der Waals surface area contributed by atoms with Gasteiger partial charge in [-0.25, -0.2) is 0 Å². The highest BCUT2D eigenvalue weighted by atomic mass is 16.1. The van der Waals surface area contributed by atoms with E-state index in [0.717, 1.165) is 5.57 Å². The van der Waals surface area contributed by atoms with Crippen molar-refractivity contribution < 1.29 is 4.79 Å². The molecular weight excluding hydrogens is 128 g/mol. The average Bonchev–Trinajstić information content (AvgIpc) is 2.36. The second-order valence-electron chi connectivity index (χ2n) is 2.04. The third kappa shape index (κ3) is 0.572. The summed E-state index contributed by atoms with van der Waals surface area (Å²) in [4.78, 5) is 10.9. The zero-order valence-corrected chi connectivity index (χ0v) is 5.11. The van der Waals surface area contributed by atoms with Gasteiger partial charge in [-0.3, -0.25) is 4.79 Å². The van der Waals surface area contributed by atoms with E-state index in [1.54, 1.807) is 12.3 Å². The first kappa shape index (κ1) is 5.29. The maximum absolute atomic E-state index is 10.9. The van der Waals surface area contributed by atoms with Crippen molar-refractivity contribution in [1.82, 2.24) is 0 Å². The number of hydrogen-bond acceptors (Lipinski definition) is 3. The van der Waals surface area contributed by atoms with Crippen molar-refractivity contribution in [3.8, 4) is 0 Å². The normalized spacial score (nSPS) is 20.6. The van der Waals surface area contributed by atoms with E-state index >= 15 is 0 Å². The van der Waals surface area contributed by atoms with Crippen LogP contribution in [-0.4, -0.2) is 17.7 Å². The summed E-state index contributed by atoms with van der Waals surface area (Å²) in [7, 11) is 0. The fraction of sp³-hybridized carbons (Fsp3) is 0. The smallest absolute Gasteiger partial charge is 0.206 e. The first-order chi connectivity index (χ1) is 4.88. The maximum Gasteiger partial charge on any atom is 0.206 e. The molecular formula is C7H4N2O. The monoisotopic (exact) mass is 132 g/mol. The van der Waals surface area contributed by atoms with Crippen molar-refractivity contribution in [2.45, 2.75) is 0 Å². The van der Waals surface area contributed by atoms with E-state index in [1.807, 2.05) is 6.08 Å². The van der Waals surface area contributed by atoms with Gasteiger partial charge in [-0.2, -0.15) is 5.10 Å². The number of fused-ring (bicyclic) bond motifs is 1. The van der Waals surface area contributed by atoms with Gasteiger partial charge in [0.2, 0.25) is 5.78 Å². The van der Waals surface area contributed by atoms with Gasteiger partial charge in [0.15, 0.2) is 0 Å². The van der Waals surface area contributed by atoms with Gasteiger partial charge in [-0.05, 0) is 6.08 Å². The molecule has 0 amide bonds. The standard InChI is InChI=1S/C7H4N2O/c10-6-3-1-2-5-4-8-9-7(5)6/h1-4H. The van der Waals surface area contributed by atoms with Crippen molar-refractivity contribution >= 4 is 17.7 Å². The Bertz CT molecular complexity index is 302. The second kappa shape index (κ2) is 1.73. The molecule has 0 atom stereocenters. The molecule has 0 aromatic heterocycles. The molecule has 1 aliphatic carbocycles.